The number of aryl methyl sites for hydroxylation is 1. The second-order valence-corrected chi connectivity index (χ2v) is 6.30. The number of aliphatic imine (C=N–C) groups is 1. The topological polar surface area (TPSA) is 108 Å². The first-order valence-corrected chi connectivity index (χ1v) is 9.19. The van der Waals surface area contributed by atoms with Gasteiger partial charge in [0, 0.05) is 37.3 Å². The van der Waals surface area contributed by atoms with E-state index in [1.54, 1.807) is 31.9 Å². The highest BCUT2D eigenvalue weighted by Crippen LogP contribution is 2.27. The predicted octanol–water partition coefficient (Wildman–Crippen LogP) is 2.97. The van der Waals surface area contributed by atoms with Crippen molar-refractivity contribution < 1.29 is 0 Å². The third-order valence-electron chi connectivity index (χ3n) is 4.49. The number of benzene rings is 1. The molecule has 0 radical (unpaired) electrons. The van der Waals surface area contributed by atoms with E-state index >= 15 is 0 Å². The van der Waals surface area contributed by atoms with Gasteiger partial charge in [-0.25, -0.2) is 24.9 Å². The van der Waals surface area contributed by atoms with Crippen molar-refractivity contribution in [1.29, 1.82) is 0 Å². The molecule has 0 aliphatic carbocycles. The fourth-order valence-electron chi connectivity index (χ4n) is 3.00. The molecule has 0 fully saturated rings. The zero-order chi connectivity index (χ0) is 20.2. The fraction of sp³-hybridized carbons (Fsp3) is 0.143. The van der Waals surface area contributed by atoms with Crippen molar-refractivity contribution in [3.63, 3.8) is 0 Å². The number of imidazole rings is 1. The molecule has 0 aliphatic rings. The lowest BCUT2D eigenvalue weighted by atomic mass is 10.1. The Morgan fingerprint density at radius 2 is 2.10 bits per heavy atom. The molecule has 0 aliphatic heterocycles. The zero-order valence-corrected chi connectivity index (χ0v) is 16.2. The second kappa shape index (κ2) is 7.97. The Balaban J connectivity index is 1.91. The molecule has 3 heterocycles. The second-order valence-electron chi connectivity index (χ2n) is 6.30. The Bertz CT molecular complexity index is 1210. The van der Waals surface area contributed by atoms with Crippen LogP contribution in [0.4, 0.5) is 0 Å². The zero-order valence-electron chi connectivity index (χ0n) is 16.2. The third-order valence-corrected chi connectivity index (χ3v) is 4.49. The molecular weight excluding hydrogens is 364 g/mol. The molecule has 0 atom stereocenters. The standard InChI is InChI=1S/C21H20N8/c1-3-29-13-26-19-18(17-8-10-24-12-25-17)27-20(28-21(19)29)15-6-4-5-14(11-15)16(22)7-9-23-2/h4-13H,3,22H2,1-2H3/b16-7-,23-9?. The quantitative estimate of drug-likeness (QED) is 0.530. The lowest BCUT2D eigenvalue weighted by molar-refractivity contribution is 0.777. The lowest BCUT2D eigenvalue weighted by Crippen LogP contribution is -2.01. The number of aromatic nitrogens is 6. The summed E-state index contributed by atoms with van der Waals surface area (Å²) in [7, 11) is 1.70. The van der Waals surface area contributed by atoms with E-state index in [4.69, 9.17) is 15.7 Å². The monoisotopic (exact) mass is 384 g/mol. The average Bonchev–Trinajstić information content (AvgIpc) is 3.20. The smallest absolute Gasteiger partial charge is 0.164 e. The van der Waals surface area contributed by atoms with Crippen LogP contribution >= 0.6 is 0 Å². The number of rotatable bonds is 5. The molecular formula is C21H20N8. The number of hydrogen-bond acceptors (Lipinski definition) is 7. The predicted molar refractivity (Wildman–Crippen MR) is 114 cm³/mol. The maximum absolute atomic E-state index is 6.17. The SMILES string of the molecule is CCn1cnc2c(-c3ccncn3)nc(-c3cccc(/C(N)=C/C=NC)c3)nc21. The first kappa shape index (κ1) is 18.4. The Morgan fingerprint density at radius 1 is 1.21 bits per heavy atom. The summed E-state index contributed by atoms with van der Waals surface area (Å²) in [6, 6.07) is 9.62. The summed E-state index contributed by atoms with van der Waals surface area (Å²) in [4.78, 5) is 26.4. The highest BCUT2D eigenvalue weighted by molar-refractivity contribution is 5.88. The van der Waals surface area contributed by atoms with E-state index in [1.807, 2.05) is 34.9 Å². The number of allylic oxidation sites excluding steroid dienone is 1. The van der Waals surface area contributed by atoms with Crippen LogP contribution in [-0.4, -0.2) is 42.7 Å². The summed E-state index contributed by atoms with van der Waals surface area (Å²) in [5.74, 6) is 0.583. The minimum absolute atomic E-state index is 0.583. The van der Waals surface area contributed by atoms with Gasteiger partial charge in [-0.3, -0.25) is 4.99 Å². The maximum atomic E-state index is 6.17. The van der Waals surface area contributed by atoms with Gasteiger partial charge in [-0.15, -0.1) is 0 Å². The van der Waals surface area contributed by atoms with Crippen LogP contribution in [0.1, 0.15) is 12.5 Å². The van der Waals surface area contributed by atoms with Gasteiger partial charge in [-0.1, -0.05) is 18.2 Å². The molecule has 0 amide bonds. The molecule has 1 aromatic carbocycles. The summed E-state index contributed by atoms with van der Waals surface area (Å²) in [5.41, 5.74) is 11.4. The van der Waals surface area contributed by atoms with Crippen LogP contribution in [0.25, 0.3) is 39.6 Å². The van der Waals surface area contributed by atoms with Gasteiger partial charge in [0.25, 0.3) is 0 Å². The molecule has 0 saturated heterocycles. The van der Waals surface area contributed by atoms with E-state index < -0.39 is 0 Å². The van der Waals surface area contributed by atoms with Gasteiger partial charge >= 0.3 is 0 Å². The first-order chi connectivity index (χ1) is 14.2. The van der Waals surface area contributed by atoms with E-state index in [2.05, 4.69) is 26.9 Å². The van der Waals surface area contributed by atoms with Gasteiger partial charge in [-0.2, -0.15) is 0 Å². The molecule has 0 bridgehead atoms. The number of nitrogens with zero attached hydrogens (tertiary/aromatic N) is 7. The molecule has 29 heavy (non-hydrogen) atoms. The molecule has 4 rings (SSSR count). The Morgan fingerprint density at radius 3 is 2.86 bits per heavy atom. The lowest BCUT2D eigenvalue weighted by Gasteiger charge is -2.08. The third kappa shape index (κ3) is 3.60. The normalized spacial score (nSPS) is 12.1. The van der Waals surface area contributed by atoms with Crippen molar-refractivity contribution in [2.24, 2.45) is 10.7 Å². The number of hydrogen-bond donors (Lipinski definition) is 1. The summed E-state index contributed by atoms with van der Waals surface area (Å²) < 4.78 is 1.99. The Kier molecular flexibility index (Phi) is 5.07. The van der Waals surface area contributed by atoms with Crippen molar-refractivity contribution in [3.8, 4) is 22.8 Å². The summed E-state index contributed by atoms with van der Waals surface area (Å²) >= 11 is 0. The minimum Gasteiger partial charge on any atom is -0.398 e. The van der Waals surface area contributed by atoms with Gasteiger partial charge in [0.15, 0.2) is 11.5 Å². The fourth-order valence-corrected chi connectivity index (χ4v) is 3.00. The first-order valence-electron chi connectivity index (χ1n) is 9.19. The van der Waals surface area contributed by atoms with E-state index in [0.717, 1.165) is 23.3 Å². The maximum Gasteiger partial charge on any atom is 0.164 e. The molecule has 3 aromatic heterocycles. The Hall–Kier alpha value is -3.94. The summed E-state index contributed by atoms with van der Waals surface area (Å²) in [5, 5.41) is 0. The molecule has 8 nitrogen and oxygen atoms in total. The molecule has 0 spiro atoms. The van der Waals surface area contributed by atoms with E-state index in [-0.39, 0.29) is 0 Å². The molecule has 4 aromatic rings. The van der Waals surface area contributed by atoms with Gasteiger partial charge in [-0.05, 0) is 30.7 Å². The van der Waals surface area contributed by atoms with Crippen LogP contribution in [0.2, 0.25) is 0 Å². The van der Waals surface area contributed by atoms with Crippen LogP contribution in [0.3, 0.4) is 0 Å². The average molecular weight is 384 g/mol. The summed E-state index contributed by atoms with van der Waals surface area (Å²) in [6.07, 6.45) is 8.39. The minimum atomic E-state index is 0.583. The van der Waals surface area contributed by atoms with Gasteiger partial charge in [0.05, 0.1) is 12.0 Å². The molecule has 144 valence electrons. The van der Waals surface area contributed by atoms with Crippen LogP contribution in [0, 0.1) is 0 Å². The van der Waals surface area contributed by atoms with Crippen molar-refractivity contribution in [1.82, 2.24) is 29.5 Å². The molecule has 0 saturated carbocycles. The summed E-state index contributed by atoms with van der Waals surface area (Å²) in [6.45, 7) is 2.80. The Labute approximate surface area is 167 Å². The number of nitrogens with two attached hydrogens (primary N) is 1. The van der Waals surface area contributed by atoms with E-state index in [0.29, 0.717) is 28.4 Å². The van der Waals surface area contributed by atoms with Crippen LogP contribution < -0.4 is 5.73 Å². The van der Waals surface area contributed by atoms with Crippen LogP contribution in [-0.2, 0) is 6.54 Å². The van der Waals surface area contributed by atoms with Crippen LogP contribution in [0.15, 0.2) is 60.3 Å². The van der Waals surface area contributed by atoms with Gasteiger partial charge in [0.1, 0.15) is 17.5 Å². The van der Waals surface area contributed by atoms with E-state index in [9.17, 15) is 0 Å². The molecule has 2 N–H and O–H groups in total. The van der Waals surface area contributed by atoms with Crippen LogP contribution in [0.5, 0.6) is 0 Å². The van der Waals surface area contributed by atoms with Crippen molar-refractivity contribution in [2.45, 2.75) is 13.5 Å². The number of fused-ring (bicyclic) bond motifs is 1. The molecule has 8 heteroatoms. The van der Waals surface area contributed by atoms with Gasteiger partial charge in [0.2, 0.25) is 0 Å². The highest BCUT2D eigenvalue weighted by atomic mass is 15.1. The molecule has 0 unspecified atom stereocenters. The van der Waals surface area contributed by atoms with Gasteiger partial charge < -0.3 is 10.3 Å². The largest absolute Gasteiger partial charge is 0.398 e. The van der Waals surface area contributed by atoms with E-state index in [1.165, 1.54) is 6.33 Å². The van der Waals surface area contributed by atoms with Crippen molar-refractivity contribution in [2.75, 3.05) is 7.05 Å². The van der Waals surface area contributed by atoms with Crippen molar-refractivity contribution >= 4 is 23.1 Å². The van der Waals surface area contributed by atoms with Crippen molar-refractivity contribution in [3.05, 3.63) is 60.8 Å². The highest BCUT2D eigenvalue weighted by Gasteiger charge is 2.16.